The summed E-state index contributed by atoms with van der Waals surface area (Å²) in [5.74, 6) is -2.66. The standard InChI is InChI=1S/C47H63N9O8/c1-10-38(57)54-21-18-30(25-54)44(59)53(8)40(27(3)4)42(58)49-35-23-37-50-51-43(64-37)29-16-17-36-32(22-29)33(41(55(36)11-2)31-14-12-19-48-39(31)28(5)62-9)24-47(6,7)26-63-46(61)34-15-13-20-56(52-34)45(35)60/h10,12,14,16-17,19,22,27-28,30,34-35,40,43,51-52H,1,11,13,15,18,20-21,23-26H2,2-9H3,(H,49,58)/t28-,30-,34-,35-,40-,43?/m0/s1. The highest BCUT2D eigenvalue weighted by atomic mass is 16.5. The molecule has 6 bridgehead atoms. The molecular formula is C47H63N9O8. The highest BCUT2D eigenvalue weighted by Gasteiger charge is 2.41. The summed E-state index contributed by atoms with van der Waals surface area (Å²) in [7, 11) is 3.25. The lowest BCUT2D eigenvalue weighted by atomic mass is 9.84. The molecule has 344 valence electrons. The van der Waals surface area contributed by atoms with Crippen LogP contribution in [0.1, 0.15) is 96.4 Å². The van der Waals surface area contributed by atoms with E-state index < -0.39 is 53.5 Å². The number of hydrazone groups is 1. The molecule has 0 spiro atoms. The molecule has 3 aromatic rings. The van der Waals surface area contributed by atoms with Gasteiger partial charge in [0.1, 0.15) is 18.1 Å². The van der Waals surface area contributed by atoms with Crippen molar-refractivity contribution in [3.05, 3.63) is 66.0 Å². The van der Waals surface area contributed by atoms with E-state index in [-0.39, 0.29) is 55.9 Å². The number of fused-ring (bicyclic) bond motifs is 6. The molecule has 7 rings (SSSR count). The predicted octanol–water partition coefficient (Wildman–Crippen LogP) is 4.38. The average molecular weight is 882 g/mol. The zero-order valence-corrected chi connectivity index (χ0v) is 38.3. The number of ether oxygens (including phenoxy) is 3. The van der Waals surface area contributed by atoms with Crippen LogP contribution in [0.15, 0.2) is 54.3 Å². The van der Waals surface area contributed by atoms with E-state index in [9.17, 15) is 24.0 Å². The second kappa shape index (κ2) is 19.1. The van der Waals surface area contributed by atoms with Crippen LogP contribution in [0, 0.1) is 17.3 Å². The number of carbonyl (C=O) groups excluding carboxylic acids is 5. The zero-order chi connectivity index (χ0) is 46.0. The molecule has 17 nitrogen and oxygen atoms in total. The number of pyridine rings is 1. The third kappa shape index (κ3) is 9.36. The van der Waals surface area contributed by atoms with E-state index in [1.807, 2.05) is 32.9 Å². The normalized spacial score (nSPS) is 23.4. The van der Waals surface area contributed by atoms with E-state index in [1.165, 1.54) is 16.0 Å². The molecule has 6 atom stereocenters. The van der Waals surface area contributed by atoms with Crippen molar-refractivity contribution in [1.82, 2.24) is 40.5 Å². The van der Waals surface area contributed by atoms with Gasteiger partial charge in [0, 0.05) is 74.0 Å². The van der Waals surface area contributed by atoms with Crippen molar-refractivity contribution >= 4 is 46.4 Å². The molecule has 0 aliphatic carbocycles. The van der Waals surface area contributed by atoms with E-state index >= 15 is 0 Å². The SMILES string of the molecule is C=CC(=O)N1CC[C@H](C(=O)N(C)[C@H](C(=O)N[C@H]2CC3=NNC(O3)c3ccc4c(c3)c(c(-c3cccnc3[C@H](C)OC)n4CC)CC(C)(C)COC(=O)[C@@H]3CCCN(N3)C2=O)C(C)C)C1. The van der Waals surface area contributed by atoms with Gasteiger partial charge in [-0.1, -0.05) is 40.3 Å². The number of nitrogens with one attached hydrogen (secondary N) is 3. The van der Waals surface area contributed by atoms with Gasteiger partial charge < -0.3 is 33.9 Å². The number of likely N-dealkylation sites (N-methyl/N-ethyl adjacent to an activating group) is 1. The van der Waals surface area contributed by atoms with Gasteiger partial charge in [0.15, 0.2) is 0 Å². The maximum Gasteiger partial charge on any atom is 0.324 e. The van der Waals surface area contributed by atoms with Crippen molar-refractivity contribution < 1.29 is 38.2 Å². The van der Waals surface area contributed by atoms with E-state index in [0.717, 1.165) is 39.0 Å². The minimum absolute atomic E-state index is 0.111. The summed E-state index contributed by atoms with van der Waals surface area (Å²) >= 11 is 0. The van der Waals surface area contributed by atoms with Crippen molar-refractivity contribution in [2.75, 3.05) is 40.4 Å². The number of methoxy groups -OCH3 is 1. The fourth-order valence-electron chi connectivity index (χ4n) is 9.50. The summed E-state index contributed by atoms with van der Waals surface area (Å²) in [5.41, 5.74) is 11.3. The van der Waals surface area contributed by atoms with Crippen molar-refractivity contribution in [3.8, 4) is 11.3 Å². The molecular weight excluding hydrogens is 819 g/mol. The number of benzene rings is 1. The predicted molar refractivity (Wildman–Crippen MR) is 240 cm³/mol. The Morgan fingerprint density at radius 2 is 1.92 bits per heavy atom. The van der Waals surface area contributed by atoms with Crippen LogP contribution < -0.4 is 16.2 Å². The van der Waals surface area contributed by atoms with Crippen LogP contribution in [-0.4, -0.2) is 118 Å². The summed E-state index contributed by atoms with van der Waals surface area (Å²) in [5, 5.41) is 9.84. The maximum absolute atomic E-state index is 14.5. The summed E-state index contributed by atoms with van der Waals surface area (Å²) in [6.45, 7) is 17.2. The monoisotopic (exact) mass is 881 g/mol. The number of esters is 1. The van der Waals surface area contributed by atoms with Gasteiger partial charge in [-0.25, -0.2) is 5.43 Å². The van der Waals surface area contributed by atoms with E-state index in [1.54, 1.807) is 25.3 Å². The molecule has 1 aromatic carbocycles. The Morgan fingerprint density at radius 1 is 1.14 bits per heavy atom. The number of cyclic esters (lactones) is 1. The van der Waals surface area contributed by atoms with E-state index in [4.69, 9.17) is 19.2 Å². The molecule has 2 saturated heterocycles. The first-order valence-electron chi connectivity index (χ1n) is 22.4. The molecule has 1 unspecified atom stereocenters. The Balaban J connectivity index is 1.23. The molecule has 3 N–H and O–H groups in total. The highest BCUT2D eigenvalue weighted by Crippen LogP contribution is 2.41. The van der Waals surface area contributed by atoms with Crippen molar-refractivity contribution in [2.24, 2.45) is 22.4 Å². The van der Waals surface area contributed by atoms with Crippen LogP contribution in [0.5, 0.6) is 0 Å². The third-order valence-corrected chi connectivity index (χ3v) is 12.9. The topological polar surface area (TPSA) is 189 Å². The van der Waals surface area contributed by atoms with Gasteiger partial charge >= 0.3 is 5.97 Å². The Morgan fingerprint density at radius 3 is 2.64 bits per heavy atom. The van der Waals surface area contributed by atoms with Crippen LogP contribution in [0.25, 0.3) is 22.2 Å². The highest BCUT2D eigenvalue weighted by molar-refractivity contribution is 5.96. The third-order valence-electron chi connectivity index (χ3n) is 12.9. The van der Waals surface area contributed by atoms with Gasteiger partial charge in [0.05, 0.1) is 36.4 Å². The van der Waals surface area contributed by atoms with Crippen molar-refractivity contribution in [1.29, 1.82) is 0 Å². The van der Waals surface area contributed by atoms with Crippen LogP contribution in [0.4, 0.5) is 0 Å². The molecule has 2 fully saturated rings. The summed E-state index contributed by atoms with van der Waals surface area (Å²) in [4.78, 5) is 76.6. The second-order valence-corrected chi connectivity index (χ2v) is 18.4. The number of carbonyl (C=O) groups is 5. The smallest absolute Gasteiger partial charge is 0.324 e. The fraction of sp³-hybridized carbons (Fsp3) is 0.553. The van der Waals surface area contributed by atoms with Crippen molar-refractivity contribution in [2.45, 2.75) is 111 Å². The first-order chi connectivity index (χ1) is 30.5. The van der Waals surface area contributed by atoms with Crippen molar-refractivity contribution in [3.63, 3.8) is 0 Å². The number of hydrogen-bond donors (Lipinski definition) is 3. The number of hydrogen-bond acceptors (Lipinski definition) is 12. The first-order valence-corrected chi connectivity index (χ1v) is 22.4. The second-order valence-electron chi connectivity index (χ2n) is 18.4. The first kappa shape index (κ1) is 46.2. The molecule has 0 radical (unpaired) electrons. The molecule has 4 aliphatic heterocycles. The van der Waals surface area contributed by atoms with Gasteiger partial charge in [0.25, 0.3) is 5.91 Å². The summed E-state index contributed by atoms with van der Waals surface area (Å²) < 4.78 is 20.6. The Bertz CT molecular complexity index is 2320. The van der Waals surface area contributed by atoms with Gasteiger partial charge in [-0.2, -0.15) is 0 Å². The number of nitrogens with zero attached hydrogens (tertiary/aromatic N) is 6. The number of amides is 4. The van der Waals surface area contributed by atoms with Crippen LogP contribution >= 0.6 is 0 Å². The largest absolute Gasteiger partial charge is 0.464 e. The lowest BCUT2D eigenvalue weighted by molar-refractivity contribution is -0.155. The van der Waals surface area contributed by atoms with Crippen LogP contribution in [-0.2, 0) is 51.1 Å². The van der Waals surface area contributed by atoms with E-state index in [0.29, 0.717) is 38.8 Å². The molecule has 4 aliphatic rings. The Kier molecular flexibility index (Phi) is 13.8. The number of likely N-dealkylation sites (tertiary alicyclic amines) is 1. The summed E-state index contributed by atoms with van der Waals surface area (Å²) in [6, 6.07) is 7.21. The minimum atomic E-state index is -1.19. The lowest BCUT2D eigenvalue weighted by Gasteiger charge is -2.37. The van der Waals surface area contributed by atoms with Gasteiger partial charge in [-0.3, -0.25) is 39.4 Å². The number of aryl methyl sites for hydroxylation is 1. The Labute approximate surface area is 374 Å². The van der Waals surface area contributed by atoms with Crippen LogP contribution in [0.2, 0.25) is 0 Å². The molecule has 17 heteroatoms. The quantitative estimate of drug-likeness (QED) is 0.194. The molecule has 6 heterocycles. The van der Waals surface area contributed by atoms with E-state index in [2.05, 4.69) is 71.4 Å². The molecule has 64 heavy (non-hydrogen) atoms. The Hall–Kier alpha value is -5.81. The lowest BCUT2D eigenvalue weighted by Crippen LogP contribution is -2.62. The van der Waals surface area contributed by atoms with Gasteiger partial charge in [-0.05, 0) is 81.4 Å². The van der Waals surface area contributed by atoms with Gasteiger partial charge in [-0.15, -0.1) is 5.10 Å². The summed E-state index contributed by atoms with van der Waals surface area (Å²) in [6.07, 6.45) is 3.87. The maximum atomic E-state index is 14.5. The number of rotatable bonds is 10. The average Bonchev–Trinajstić information content (AvgIpc) is 4.05. The fourth-order valence-corrected chi connectivity index (χ4v) is 9.50. The van der Waals surface area contributed by atoms with Gasteiger partial charge in [0.2, 0.25) is 29.8 Å². The minimum Gasteiger partial charge on any atom is -0.464 e. The molecule has 2 aromatic heterocycles. The number of aromatic nitrogens is 2. The molecule has 0 saturated carbocycles. The van der Waals surface area contributed by atoms with Crippen LogP contribution in [0.3, 0.4) is 0 Å². The zero-order valence-electron chi connectivity index (χ0n) is 38.3. The number of hydrazine groups is 1. The molecule has 4 amide bonds.